The third kappa shape index (κ3) is 2.05. The van der Waals surface area contributed by atoms with Crippen molar-refractivity contribution in [2.24, 2.45) is 0 Å². The Balaban J connectivity index is 3.19. The lowest BCUT2D eigenvalue weighted by Gasteiger charge is -2.10. The van der Waals surface area contributed by atoms with E-state index in [0.29, 0.717) is 0 Å². The minimum atomic E-state index is -3.03. The lowest BCUT2D eigenvalue weighted by molar-refractivity contribution is 0.0129. The zero-order valence-electron chi connectivity index (χ0n) is 6.11. The molecule has 0 aliphatic heterocycles. The normalized spacial score (nSPS) is 11.8. The Morgan fingerprint density at radius 3 is 2.42 bits per heavy atom. The Labute approximate surface area is 78.3 Å². The average Bonchev–Trinajstić information content (AvgIpc) is 1.83. The lowest BCUT2D eigenvalue weighted by atomic mass is 10.2. The molecule has 1 aromatic heterocycles. The predicted octanol–water partition coefficient (Wildman–Crippen LogP) is 3.50. The van der Waals surface area contributed by atoms with Crippen molar-refractivity contribution in [1.82, 2.24) is 4.98 Å². The number of pyridine rings is 1. The van der Waals surface area contributed by atoms with Gasteiger partial charge >= 0.3 is 0 Å². The van der Waals surface area contributed by atoms with Gasteiger partial charge < -0.3 is 0 Å². The van der Waals surface area contributed by atoms with Crippen LogP contribution in [0.15, 0.2) is 12.3 Å². The van der Waals surface area contributed by atoms with Crippen molar-refractivity contribution in [2.45, 2.75) is 12.8 Å². The summed E-state index contributed by atoms with van der Waals surface area (Å²) in [5, 5.41) is 0.128. The van der Waals surface area contributed by atoms with Crippen LogP contribution in [-0.2, 0) is 5.92 Å². The van der Waals surface area contributed by atoms with E-state index in [4.69, 9.17) is 23.2 Å². The van der Waals surface area contributed by atoms with Crippen LogP contribution in [0.2, 0.25) is 10.0 Å². The summed E-state index contributed by atoms with van der Waals surface area (Å²) < 4.78 is 25.3. The van der Waals surface area contributed by atoms with E-state index >= 15 is 0 Å². The maximum absolute atomic E-state index is 12.7. The van der Waals surface area contributed by atoms with E-state index in [0.717, 1.165) is 13.1 Å². The molecule has 1 heterocycles. The molecular formula is C7H5Cl2F2N. The maximum atomic E-state index is 12.7. The number of halogens is 4. The number of hydrogen-bond acceptors (Lipinski definition) is 1. The van der Waals surface area contributed by atoms with Crippen LogP contribution in [0.3, 0.4) is 0 Å². The van der Waals surface area contributed by atoms with Gasteiger partial charge in [-0.3, -0.25) is 4.98 Å². The Morgan fingerprint density at radius 2 is 2.00 bits per heavy atom. The SMILES string of the molecule is CC(F)(F)c1ncc(Cl)cc1Cl. The molecule has 0 saturated carbocycles. The fraction of sp³-hybridized carbons (Fsp3) is 0.286. The Hall–Kier alpha value is -0.410. The molecule has 0 aromatic carbocycles. The molecule has 12 heavy (non-hydrogen) atoms. The molecule has 1 aromatic rings. The summed E-state index contributed by atoms with van der Waals surface area (Å²) >= 11 is 11.0. The second-order valence-electron chi connectivity index (χ2n) is 2.37. The lowest BCUT2D eigenvalue weighted by Crippen LogP contribution is -2.10. The van der Waals surface area contributed by atoms with Gasteiger partial charge in [0.25, 0.3) is 5.92 Å². The van der Waals surface area contributed by atoms with Gasteiger partial charge in [0.1, 0.15) is 5.69 Å². The van der Waals surface area contributed by atoms with Gasteiger partial charge in [-0.05, 0) is 6.07 Å². The summed E-state index contributed by atoms with van der Waals surface area (Å²) in [5.41, 5.74) is -0.450. The summed E-state index contributed by atoms with van der Waals surface area (Å²) in [6, 6.07) is 1.24. The van der Waals surface area contributed by atoms with Crippen LogP contribution in [0, 0.1) is 0 Å². The fourth-order valence-corrected chi connectivity index (χ4v) is 1.28. The van der Waals surface area contributed by atoms with Gasteiger partial charge in [0.2, 0.25) is 0 Å². The molecule has 0 atom stereocenters. The number of nitrogens with zero attached hydrogens (tertiary/aromatic N) is 1. The molecule has 0 fully saturated rings. The van der Waals surface area contributed by atoms with Crippen molar-refractivity contribution in [3.8, 4) is 0 Å². The molecule has 0 saturated heterocycles. The molecule has 0 radical (unpaired) electrons. The Kier molecular flexibility index (Phi) is 2.54. The first-order valence-corrected chi connectivity index (χ1v) is 3.86. The van der Waals surface area contributed by atoms with Crippen LogP contribution in [0.25, 0.3) is 0 Å². The standard InChI is InChI=1S/C7H5Cl2F2N/c1-7(10,11)6-5(9)2-4(8)3-12-6/h2-3H,1H3. The van der Waals surface area contributed by atoms with E-state index in [1.54, 1.807) is 0 Å². The van der Waals surface area contributed by atoms with Crippen LogP contribution >= 0.6 is 23.2 Å². The van der Waals surface area contributed by atoms with Crippen molar-refractivity contribution < 1.29 is 8.78 Å². The summed E-state index contributed by atoms with van der Waals surface area (Å²) in [7, 11) is 0. The number of rotatable bonds is 1. The number of alkyl halides is 2. The van der Waals surface area contributed by atoms with E-state index in [1.807, 2.05) is 0 Å². The zero-order valence-corrected chi connectivity index (χ0v) is 7.63. The first-order chi connectivity index (χ1) is 5.41. The van der Waals surface area contributed by atoms with Gasteiger partial charge in [-0.2, -0.15) is 8.78 Å². The molecule has 5 heteroatoms. The molecule has 1 nitrogen and oxygen atoms in total. The van der Waals surface area contributed by atoms with Crippen LogP contribution in [0.4, 0.5) is 8.78 Å². The number of aromatic nitrogens is 1. The summed E-state index contributed by atoms with van der Waals surface area (Å²) in [4.78, 5) is 3.44. The summed E-state index contributed by atoms with van der Waals surface area (Å²) in [6.07, 6.45) is 1.14. The first kappa shape index (κ1) is 9.68. The highest BCUT2D eigenvalue weighted by Gasteiger charge is 2.28. The molecule has 0 spiro atoms. The van der Waals surface area contributed by atoms with Gasteiger partial charge in [-0.25, -0.2) is 0 Å². The molecule has 0 aliphatic carbocycles. The molecular weight excluding hydrogens is 207 g/mol. The first-order valence-electron chi connectivity index (χ1n) is 3.10. The van der Waals surface area contributed by atoms with Crippen molar-refractivity contribution in [3.63, 3.8) is 0 Å². The van der Waals surface area contributed by atoms with Crippen LogP contribution in [0.1, 0.15) is 12.6 Å². The predicted molar refractivity (Wildman–Crippen MR) is 43.8 cm³/mol. The second-order valence-corrected chi connectivity index (χ2v) is 3.22. The van der Waals surface area contributed by atoms with E-state index in [-0.39, 0.29) is 10.0 Å². The van der Waals surface area contributed by atoms with Gasteiger partial charge in [-0.1, -0.05) is 23.2 Å². The van der Waals surface area contributed by atoms with E-state index in [9.17, 15) is 8.78 Å². The molecule has 66 valence electrons. The zero-order chi connectivity index (χ0) is 9.35. The van der Waals surface area contributed by atoms with Crippen molar-refractivity contribution in [2.75, 3.05) is 0 Å². The quantitative estimate of drug-likeness (QED) is 0.694. The van der Waals surface area contributed by atoms with Crippen molar-refractivity contribution in [1.29, 1.82) is 0 Å². The van der Waals surface area contributed by atoms with E-state index in [2.05, 4.69) is 4.98 Å². The highest BCUT2D eigenvalue weighted by Crippen LogP contribution is 2.31. The largest absolute Gasteiger partial charge is 0.288 e. The minimum Gasteiger partial charge on any atom is -0.252 e. The Morgan fingerprint density at radius 1 is 1.42 bits per heavy atom. The summed E-state index contributed by atoms with van der Waals surface area (Å²) in [6.45, 7) is 0.731. The highest BCUT2D eigenvalue weighted by molar-refractivity contribution is 6.34. The molecule has 0 amide bonds. The molecule has 0 aliphatic rings. The van der Waals surface area contributed by atoms with E-state index in [1.165, 1.54) is 6.07 Å². The molecule has 0 N–H and O–H groups in total. The summed E-state index contributed by atoms with van der Waals surface area (Å²) in [5.74, 6) is -3.03. The molecule has 0 bridgehead atoms. The maximum Gasteiger partial charge on any atom is 0.288 e. The topological polar surface area (TPSA) is 12.9 Å². The van der Waals surface area contributed by atoms with Crippen LogP contribution < -0.4 is 0 Å². The molecule has 1 rings (SSSR count). The van der Waals surface area contributed by atoms with E-state index < -0.39 is 11.6 Å². The van der Waals surface area contributed by atoms with Crippen LogP contribution in [-0.4, -0.2) is 4.98 Å². The van der Waals surface area contributed by atoms with Gasteiger partial charge in [0.05, 0.1) is 10.0 Å². The fourth-order valence-electron chi connectivity index (χ4n) is 0.738. The Bertz CT molecular complexity index is 296. The van der Waals surface area contributed by atoms with Crippen molar-refractivity contribution in [3.05, 3.63) is 28.0 Å². The number of hydrogen-bond donors (Lipinski definition) is 0. The van der Waals surface area contributed by atoms with Gasteiger partial charge in [0, 0.05) is 13.1 Å². The minimum absolute atomic E-state index is 0.116. The van der Waals surface area contributed by atoms with Gasteiger partial charge in [-0.15, -0.1) is 0 Å². The highest BCUT2D eigenvalue weighted by atomic mass is 35.5. The van der Waals surface area contributed by atoms with Crippen molar-refractivity contribution >= 4 is 23.2 Å². The third-order valence-corrected chi connectivity index (χ3v) is 1.72. The third-order valence-electron chi connectivity index (χ3n) is 1.22. The van der Waals surface area contributed by atoms with Gasteiger partial charge in [0.15, 0.2) is 0 Å². The smallest absolute Gasteiger partial charge is 0.252 e. The molecule has 0 unspecified atom stereocenters. The van der Waals surface area contributed by atoms with Crippen LogP contribution in [0.5, 0.6) is 0 Å². The monoisotopic (exact) mass is 211 g/mol. The second kappa shape index (κ2) is 3.15. The average molecular weight is 212 g/mol.